The zero-order valence-electron chi connectivity index (χ0n) is 11.2. The van der Waals surface area contributed by atoms with Crippen molar-refractivity contribution in [3.05, 3.63) is 0 Å². The molecule has 0 heterocycles. The summed E-state index contributed by atoms with van der Waals surface area (Å²) in [5.41, 5.74) is -0.712. The summed E-state index contributed by atoms with van der Waals surface area (Å²) < 4.78 is 0. The average molecular weight is 244 g/mol. The van der Waals surface area contributed by atoms with Crippen molar-refractivity contribution < 1.29 is 14.7 Å². The van der Waals surface area contributed by atoms with E-state index in [1.54, 1.807) is 4.90 Å². The van der Waals surface area contributed by atoms with Gasteiger partial charge in [-0.15, -0.1) is 0 Å². The molecule has 0 spiro atoms. The number of hydrogen-bond acceptors (Lipinski definition) is 3. The van der Waals surface area contributed by atoms with Gasteiger partial charge in [0.2, 0.25) is 0 Å². The fourth-order valence-corrected chi connectivity index (χ4v) is 2.90. The molecular weight excluding hydrogens is 220 g/mol. The number of carbonyl (C=O) groups is 1. The first-order valence-electron chi connectivity index (χ1n) is 6.09. The third kappa shape index (κ3) is 3.10. The van der Waals surface area contributed by atoms with Gasteiger partial charge in [0.15, 0.2) is 0 Å². The molecule has 5 nitrogen and oxygen atoms in total. The second kappa shape index (κ2) is 4.82. The molecule has 1 aliphatic carbocycles. The van der Waals surface area contributed by atoms with Crippen molar-refractivity contribution in [2.45, 2.75) is 70.6 Å². The fourth-order valence-electron chi connectivity index (χ4n) is 2.90. The van der Waals surface area contributed by atoms with Gasteiger partial charge in [-0.1, -0.05) is 0 Å². The minimum absolute atomic E-state index is 0.0682. The van der Waals surface area contributed by atoms with E-state index in [1.165, 1.54) is 0 Å². The number of carboxylic acid groups (broad SMARTS) is 1. The van der Waals surface area contributed by atoms with Crippen molar-refractivity contribution in [1.82, 2.24) is 4.90 Å². The molecule has 0 radical (unpaired) electrons. The van der Waals surface area contributed by atoms with Gasteiger partial charge in [-0.25, -0.2) is 10.7 Å². The van der Waals surface area contributed by atoms with Gasteiger partial charge in [-0.2, -0.15) is 0 Å². The molecule has 0 saturated heterocycles. The number of hydrogen-bond donors (Lipinski definition) is 2. The van der Waals surface area contributed by atoms with E-state index >= 15 is 0 Å². The average Bonchev–Trinajstić information content (AvgIpc) is 2.15. The predicted octanol–water partition coefficient (Wildman–Crippen LogP) is 2.36. The topological polar surface area (TPSA) is 75.8 Å². The first-order valence-corrected chi connectivity index (χ1v) is 6.09. The van der Waals surface area contributed by atoms with E-state index in [2.05, 4.69) is 0 Å². The Morgan fingerprint density at radius 3 is 2.18 bits per heavy atom. The van der Waals surface area contributed by atoms with Crippen molar-refractivity contribution in [2.75, 3.05) is 0 Å². The second-order valence-electron chi connectivity index (χ2n) is 6.12. The maximum atomic E-state index is 11.5. The highest BCUT2D eigenvalue weighted by molar-refractivity contribution is 5.67. The van der Waals surface area contributed by atoms with Gasteiger partial charge in [-0.3, -0.25) is 4.90 Å². The normalized spacial score (nSPS) is 30.1. The van der Waals surface area contributed by atoms with Gasteiger partial charge in [-0.05, 0) is 53.4 Å². The molecule has 3 N–H and O–H groups in total. The molecule has 1 fully saturated rings. The lowest BCUT2D eigenvalue weighted by molar-refractivity contribution is -0.0416. The Morgan fingerprint density at radius 1 is 1.41 bits per heavy atom. The molecule has 1 aliphatic rings. The zero-order valence-corrected chi connectivity index (χ0v) is 11.2. The first-order chi connectivity index (χ1) is 7.70. The number of nitrogens with zero attached hydrogens (tertiary/aromatic N) is 1. The maximum absolute atomic E-state index is 11.5. The van der Waals surface area contributed by atoms with E-state index in [9.17, 15) is 9.90 Å². The van der Waals surface area contributed by atoms with Crippen molar-refractivity contribution >= 4 is 6.09 Å². The van der Waals surface area contributed by atoms with E-state index in [0.717, 1.165) is 25.7 Å². The van der Waals surface area contributed by atoms with Gasteiger partial charge in [0, 0.05) is 11.1 Å². The summed E-state index contributed by atoms with van der Waals surface area (Å²) in [6.07, 6.45) is 2.42. The summed E-state index contributed by atoms with van der Waals surface area (Å²) in [5, 5.41) is 9.42. The highest BCUT2D eigenvalue weighted by atomic mass is 16.6. The third-order valence-electron chi connectivity index (χ3n) is 3.60. The van der Waals surface area contributed by atoms with Crippen molar-refractivity contribution in [3.8, 4) is 0 Å². The Morgan fingerprint density at radius 2 is 1.88 bits per heavy atom. The summed E-state index contributed by atoms with van der Waals surface area (Å²) in [6, 6.07) is 0. The Hall–Kier alpha value is -0.810. The molecule has 1 saturated carbocycles. The van der Waals surface area contributed by atoms with E-state index in [-0.39, 0.29) is 11.6 Å². The Kier molecular flexibility index (Phi) is 4.04. The zero-order chi connectivity index (χ0) is 13.3. The van der Waals surface area contributed by atoms with Crippen LogP contribution in [-0.2, 0) is 4.84 Å². The van der Waals surface area contributed by atoms with E-state index in [1.807, 2.05) is 27.7 Å². The fraction of sp³-hybridized carbons (Fsp3) is 0.917. The summed E-state index contributed by atoms with van der Waals surface area (Å²) in [6.45, 7) is 7.80. The predicted molar refractivity (Wildman–Crippen MR) is 65.6 cm³/mol. The monoisotopic (exact) mass is 244 g/mol. The van der Waals surface area contributed by atoms with E-state index in [0.29, 0.717) is 0 Å². The molecule has 17 heavy (non-hydrogen) atoms. The van der Waals surface area contributed by atoms with Crippen molar-refractivity contribution in [1.29, 1.82) is 0 Å². The van der Waals surface area contributed by atoms with Crippen LogP contribution in [0.15, 0.2) is 0 Å². The van der Waals surface area contributed by atoms with Crippen molar-refractivity contribution in [2.24, 2.45) is 5.90 Å². The molecule has 0 aromatic heterocycles. The molecule has 0 bridgehead atoms. The van der Waals surface area contributed by atoms with Crippen LogP contribution in [0.2, 0.25) is 0 Å². The first kappa shape index (κ1) is 14.3. The highest BCUT2D eigenvalue weighted by Gasteiger charge is 2.44. The molecule has 100 valence electrons. The third-order valence-corrected chi connectivity index (χ3v) is 3.60. The Balaban J connectivity index is 2.85. The Bertz CT molecular complexity index is 278. The SMILES string of the molecule is CC(C)(C)N(C(=O)O)C1(C)CCC(ON)CC1. The van der Waals surface area contributed by atoms with Crippen LogP contribution in [0.1, 0.15) is 53.4 Å². The van der Waals surface area contributed by atoms with Gasteiger partial charge < -0.3 is 9.94 Å². The molecule has 1 amide bonds. The van der Waals surface area contributed by atoms with Crippen LogP contribution < -0.4 is 5.90 Å². The number of nitrogens with two attached hydrogens (primary N) is 1. The van der Waals surface area contributed by atoms with Crippen LogP contribution in [0.5, 0.6) is 0 Å². The van der Waals surface area contributed by atoms with Crippen LogP contribution in [-0.4, -0.2) is 33.3 Å². The van der Waals surface area contributed by atoms with Crippen LogP contribution in [0.3, 0.4) is 0 Å². The van der Waals surface area contributed by atoms with E-state index in [4.69, 9.17) is 10.7 Å². The van der Waals surface area contributed by atoms with Gasteiger partial charge >= 0.3 is 6.09 Å². The summed E-state index contributed by atoms with van der Waals surface area (Å²) >= 11 is 0. The highest BCUT2D eigenvalue weighted by Crippen LogP contribution is 2.38. The lowest BCUT2D eigenvalue weighted by Crippen LogP contribution is -2.59. The molecule has 5 heteroatoms. The quantitative estimate of drug-likeness (QED) is 0.731. The standard InChI is InChI=1S/C12H24N2O3/c1-11(2,3)14(10(15)16)12(4)7-5-9(17-13)6-8-12/h9H,5-8,13H2,1-4H3,(H,15,16). The summed E-state index contributed by atoms with van der Waals surface area (Å²) in [5.74, 6) is 5.18. The number of amides is 1. The molecule has 0 atom stereocenters. The molecule has 0 aromatic carbocycles. The summed E-state index contributed by atoms with van der Waals surface area (Å²) in [4.78, 5) is 17.9. The molecular formula is C12H24N2O3. The van der Waals surface area contributed by atoms with E-state index < -0.39 is 11.6 Å². The minimum atomic E-state index is -0.855. The minimum Gasteiger partial charge on any atom is -0.465 e. The Labute approximate surface area is 103 Å². The van der Waals surface area contributed by atoms with Crippen molar-refractivity contribution in [3.63, 3.8) is 0 Å². The van der Waals surface area contributed by atoms with Crippen LogP contribution in [0, 0.1) is 0 Å². The number of rotatable bonds is 2. The van der Waals surface area contributed by atoms with Gasteiger partial charge in [0.25, 0.3) is 0 Å². The lowest BCUT2D eigenvalue weighted by Gasteiger charge is -2.50. The largest absolute Gasteiger partial charge is 0.465 e. The van der Waals surface area contributed by atoms with Crippen LogP contribution in [0.4, 0.5) is 4.79 Å². The second-order valence-corrected chi connectivity index (χ2v) is 6.12. The molecule has 0 aliphatic heterocycles. The van der Waals surface area contributed by atoms with Crippen LogP contribution >= 0.6 is 0 Å². The molecule has 0 unspecified atom stereocenters. The molecule has 0 aromatic rings. The van der Waals surface area contributed by atoms with Gasteiger partial charge in [0.05, 0.1) is 6.10 Å². The molecule has 1 rings (SSSR count). The smallest absolute Gasteiger partial charge is 0.408 e. The maximum Gasteiger partial charge on any atom is 0.408 e. The summed E-state index contributed by atoms with van der Waals surface area (Å²) in [7, 11) is 0. The lowest BCUT2D eigenvalue weighted by atomic mass is 9.78. The van der Waals surface area contributed by atoms with Crippen LogP contribution in [0.25, 0.3) is 0 Å². The van der Waals surface area contributed by atoms with Gasteiger partial charge in [0.1, 0.15) is 0 Å².